The van der Waals surface area contributed by atoms with Crippen LogP contribution in [0.1, 0.15) is 39.5 Å². The van der Waals surface area contributed by atoms with Crippen molar-refractivity contribution < 1.29 is 0 Å². The van der Waals surface area contributed by atoms with Gasteiger partial charge in [0.05, 0.1) is 0 Å². The van der Waals surface area contributed by atoms with Gasteiger partial charge in [0.25, 0.3) is 0 Å². The molecule has 0 unspecified atom stereocenters. The number of nitrogens with one attached hydrogen (secondary N) is 1. The zero-order valence-electron chi connectivity index (χ0n) is 9.68. The molecule has 2 fully saturated rings. The highest BCUT2D eigenvalue weighted by atomic mass is 15.3. The van der Waals surface area contributed by atoms with Crippen molar-refractivity contribution in [3.8, 4) is 0 Å². The molecule has 0 radical (unpaired) electrons. The van der Waals surface area contributed by atoms with Gasteiger partial charge in [0.15, 0.2) is 0 Å². The van der Waals surface area contributed by atoms with Gasteiger partial charge in [0.1, 0.15) is 0 Å². The fourth-order valence-corrected chi connectivity index (χ4v) is 2.72. The maximum absolute atomic E-state index is 3.40. The molecule has 0 atom stereocenters. The molecule has 2 aliphatic rings. The first-order valence-electron chi connectivity index (χ1n) is 6.09. The molecule has 0 spiro atoms. The Labute approximate surface area is 88.1 Å². The topological polar surface area (TPSA) is 15.3 Å². The molecular formula is C12H24N2. The largest absolute Gasteiger partial charge is 0.303 e. The fourth-order valence-electron chi connectivity index (χ4n) is 2.72. The van der Waals surface area contributed by atoms with Crippen LogP contribution in [0.4, 0.5) is 0 Å². The molecule has 82 valence electrons. The van der Waals surface area contributed by atoms with Gasteiger partial charge in [-0.2, -0.15) is 0 Å². The lowest BCUT2D eigenvalue weighted by atomic mass is 9.73. The van der Waals surface area contributed by atoms with Crippen LogP contribution in [-0.4, -0.2) is 31.2 Å². The summed E-state index contributed by atoms with van der Waals surface area (Å²) in [5.41, 5.74) is 0.625. The molecule has 14 heavy (non-hydrogen) atoms. The van der Waals surface area contributed by atoms with Gasteiger partial charge in [-0.3, -0.25) is 4.90 Å². The first kappa shape index (κ1) is 10.4. The van der Waals surface area contributed by atoms with Crippen LogP contribution >= 0.6 is 0 Å². The molecule has 2 heteroatoms. The van der Waals surface area contributed by atoms with Gasteiger partial charge in [-0.25, -0.2) is 0 Å². The maximum Gasteiger partial charge on any atom is 0.0481 e. The molecule has 0 aromatic heterocycles. The van der Waals surface area contributed by atoms with Gasteiger partial charge in [-0.1, -0.05) is 13.8 Å². The number of nitrogens with zero attached hydrogens (tertiary/aromatic N) is 1. The minimum atomic E-state index is 0.625. The molecule has 0 aromatic carbocycles. The van der Waals surface area contributed by atoms with E-state index in [1.165, 1.54) is 45.3 Å². The summed E-state index contributed by atoms with van der Waals surface area (Å²) in [6.45, 7) is 9.75. The van der Waals surface area contributed by atoms with E-state index < -0.39 is 0 Å². The van der Waals surface area contributed by atoms with Crippen molar-refractivity contribution in [1.29, 1.82) is 0 Å². The summed E-state index contributed by atoms with van der Waals surface area (Å²) in [7, 11) is 0. The zero-order chi connectivity index (χ0) is 10.0. The van der Waals surface area contributed by atoms with Crippen molar-refractivity contribution in [2.24, 2.45) is 11.3 Å². The third-order valence-electron chi connectivity index (χ3n) is 3.92. The Morgan fingerprint density at radius 3 is 2.57 bits per heavy atom. The van der Waals surface area contributed by atoms with Crippen molar-refractivity contribution >= 4 is 0 Å². The van der Waals surface area contributed by atoms with E-state index in [1.807, 2.05) is 0 Å². The normalized spacial score (nSPS) is 29.6. The molecule has 2 rings (SSSR count). The second-order valence-electron chi connectivity index (χ2n) is 5.84. The van der Waals surface area contributed by atoms with Crippen LogP contribution < -0.4 is 5.32 Å². The Morgan fingerprint density at radius 2 is 2.00 bits per heavy atom. The quantitative estimate of drug-likeness (QED) is 0.727. The van der Waals surface area contributed by atoms with Crippen molar-refractivity contribution in [2.75, 3.05) is 26.3 Å². The van der Waals surface area contributed by atoms with Crippen LogP contribution in [0.5, 0.6) is 0 Å². The van der Waals surface area contributed by atoms with E-state index in [1.54, 1.807) is 0 Å². The Kier molecular flexibility index (Phi) is 3.13. The van der Waals surface area contributed by atoms with Crippen molar-refractivity contribution in [2.45, 2.75) is 39.5 Å². The molecule has 1 saturated carbocycles. The van der Waals surface area contributed by atoms with E-state index in [4.69, 9.17) is 0 Å². The van der Waals surface area contributed by atoms with Crippen LogP contribution in [0.3, 0.4) is 0 Å². The van der Waals surface area contributed by atoms with Crippen LogP contribution in [0, 0.1) is 11.3 Å². The van der Waals surface area contributed by atoms with Crippen LogP contribution in [0.2, 0.25) is 0 Å². The summed E-state index contributed by atoms with van der Waals surface area (Å²) in [6.07, 6.45) is 5.75. The highest BCUT2D eigenvalue weighted by Gasteiger charge is 2.28. The molecule has 1 saturated heterocycles. The molecule has 1 N–H and O–H groups in total. The Bertz CT molecular complexity index is 173. The van der Waals surface area contributed by atoms with Gasteiger partial charge in [-0.15, -0.1) is 0 Å². The third-order valence-corrected chi connectivity index (χ3v) is 3.92. The minimum absolute atomic E-state index is 0.625. The molecule has 2 nitrogen and oxygen atoms in total. The third kappa shape index (κ3) is 2.71. The SMILES string of the molecule is CC1(C)CCC(CN2CCNC2)CC1. The average molecular weight is 196 g/mol. The molecule has 1 aliphatic heterocycles. The Hall–Kier alpha value is -0.0800. The van der Waals surface area contributed by atoms with Gasteiger partial charge < -0.3 is 5.32 Å². The van der Waals surface area contributed by atoms with E-state index in [0.29, 0.717) is 5.41 Å². The van der Waals surface area contributed by atoms with Crippen molar-refractivity contribution in [3.05, 3.63) is 0 Å². The summed E-state index contributed by atoms with van der Waals surface area (Å²) in [6, 6.07) is 0. The molecule has 0 bridgehead atoms. The lowest BCUT2D eigenvalue weighted by molar-refractivity contribution is 0.156. The maximum atomic E-state index is 3.40. The molecule has 1 heterocycles. The van der Waals surface area contributed by atoms with Gasteiger partial charge in [0.2, 0.25) is 0 Å². The number of rotatable bonds is 2. The van der Waals surface area contributed by atoms with E-state index in [-0.39, 0.29) is 0 Å². The Morgan fingerprint density at radius 1 is 1.29 bits per heavy atom. The molecule has 0 aromatic rings. The molecular weight excluding hydrogens is 172 g/mol. The summed E-state index contributed by atoms with van der Waals surface area (Å²) in [5.74, 6) is 0.975. The first-order chi connectivity index (χ1) is 6.66. The standard InChI is InChI=1S/C12H24N2/c1-12(2)5-3-11(4-6-12)9-14-8-7-13-10-14/h11,13H,3-10H2,1-2H3. The predicted octanol–water partition coefficient (Wildman–Crippen LogP) is 2.07. The van der Waals surface area contributed by atoms with Crippen LogP contribution in [0.15, 0.2) is 0 Å². The van der Waals surface area contributed by atoms with E-state index in [9.17, 15) is 0 Å². The van der Waals surface area contributed by atoms with Crippen molar-refractivity contribution in [3.63, 3.8) is 0 Å². The van der Waals surface area contributed by atoms with Gasteiger partial charge in [-0.05, 0) is 37.0 Å². The van der Waals surface area contributed by atoms with Crippen LogP contribution in [0.25, 0.3) is 0 Å². The van der Waals surface area contributed by atoms with Gasteiger partial charge in [0, 0.05) is 26.3 Å². The van der Waals surface area contributed by atoms with Crippen LogP contribution in [-0.2, 0) is 0 Å². The van der Waals surface area contributed by atoms with Gasteiger partial charge >= 0.3 is 0 Å². The zero-order valence-corrected chi connectivity index (χ0v) is 9.68. The first-order valence-corrected chi connectivity index (χ1v) is 6.09. The van der Waals surface area contributed by atoms with E-state index in [0.717, 1.165) is 12.6 Å². The van der Waals surface area contributed by atoms with E-state index >= 15 is 0 Å². The summed E-state index contributed by atoms with van der Waals surface area (Å²) in [5, 5.41) is 3.40. The van der Waals surface area contributed by atoms with Crippen molar-refractivity contribution in [1.82, 2.24) is 10.2 Å². The van der Waals surface area contributed by atoms with E-state index in [2.05, 4.69) is 24.1 Å². The summed E-state index contributed by atoms with van der Waals surface area (Å²) < 4.78 is 0. The smallest absolute Gasteiger partial charge is 0.0481 e. The summed E-state index contributed by atoms with van der Waals surface area (Å²) in [4.78, 5) is 2.57. The highest BCUT2D eigenvalue weighted by molar-refractivity contribution is 4.81. The molecule has 0 amide bonds. The summed E-state index contributed by atoms with van der Waals surface area (Å²) >= 11 is 0. The predicted molar refractivity (Wildman–Crippen MR) is 60.2 cm³/mol. The second-order valence-corrected chi connectivity index (χ2v) is 5.84. The minimum Gasteiger partial charge on any atom is -0.303 e. The fraction of sp³-hybridized carbons (Fsp3) is 1.00. The highest BCUT2D eigenvalue weighted by Crippen LogP contribution is 2.38. The number of hydrogen-bond donors (Lipinski definition) is 1. The average Bonchev–Trinajstić information content (AvgIpc) is 2.61. The Balaban J connectivity index is 1.72. The number of hydrogen-bond acceptors (Lipinski definition) is 2. The second kappa shape index (κ2) is 4.19. The molecule has 1 aliphatic carbocycles. The monoisotopic (exact) mass is 196 g/mol. The lowest BCUT2D eigenvalue weighted by Crippen LogP contribution is -2.32. The lowest BCUT2D eigenvalue weighted by Gasteiger charge is -2.35.